The minimum atomic E-state index is -0.0638. The Morgan fingerprint density at radius 3 is 2.81 bits per heavy atom. The van der Waals surface area contributed by atoms with E-state index >= 15 is 0 Å². The number of rotatable bonds is 7. The summed E-state index contributed by atoms with van der Waals surface area (Å²) in [5.41, 5.74) is 2.93. The average molecular weight is 386 g/mol. The van der Waals surface area contributed by atoms with Crippen LogP contribution in [0.4, 0.5) is 0 Å². The first-order chi connectivity index (χ1) is 12.6. The largest absolute Gasteiger partial charge is 0.351 e. The second-order valence-electron chi connectivity index (χ2n) is 5.98. The van der Waals surface area contributed by atoms with Gasteiger partial charge in [0.15, 0.2) is 0 Å². The molecular weight excluding hydrogens is 366 g/mol. The molecule has 0 aliphatic carbocycles. The van der Waals surface area contributed by atoms with Crippen molar-refractivity contribution in [2.45, 2.75) is 26.2 Å². The summed E-state index contributed by atoms with van der Waals surface area (Å²) >= 11 is 7.44. The highest BCUT2D eigenvalue weighted by atomic mass is 35.5. The second kappa shape index (κ2) is 8.92. The van der Waals surface area contributed by atoms with Crippen LogP contribution in [0.25, 0.3) is 0 Å². The molecule has 0 spiro atoms. The van der Waals surface area contributed by atoms with Crippen molar-refractivity contribution in [1.29, 1.82) is 0 Å². The molecule has 0 unspecified atom stereocenters. The van der Waals surface area contributed by atoms with Crippen molar-refractivity contribution in [2.75, 3.05) is 6.54 Å². The Morgan fingerprint density at radius 1 is 1.15 bits per heavy atom. The number of hydrogen-bond acceptors (Lipinski definition) is 4. The number of nitrogens with zero attached hydrogens (tertiary/aromatic N) is 2. The third-order valence-electron chi connectivity index (χ3n) is 3.96. The molecule has 0 bridgehead atoms. The van der Waals surface area contributed by atoms with E-state index in [1.807, 2.05) is 49.4 Å². The molecule has 134 valence electrons. The molecule has 3 aromatic rings. The zero-order chi connectivity index (χ0) is 18.4. The molecule has 4 nitrogen and oxygen atoms in total. The predicted octanol–water partition coefficient (Wildman–Crippen LogP) is 4.26. The zero-order valence-corrected chi connectivity index (χ0v) is 16.1. The average Bonchev–Trinajstić information content (AvgIpc) is 3.02. The minimum Gasteiger partial charge on any atom is -0.351 e. The van der Waals surface area contributed by atoms with Gasteiger partial charge in [-0.25, -0.2) is 4.98 Å². The van der Waals surface area contributed by atoms with Crippen LogP contribution in [0.5, 0.6) is 0 Å². The number of aromatic nitrogens is 2. The molecule has 1 N–H and O–H groups in total. The van der Waals surface area contributed by atoms with Crippen LogP contribution in [-0.2, 0) is 19.3 Å². The number of hydrogen-bond donors (Lipinski definition) is 1. The molecular formula is C20H20ClN3OS. The molecule has 6 heteroatoms. The molecule has 0 saturated carbocycles. The highest BCUT2D eigenvalue weighted by Crippen LogP contribution is 2.19. The van der Waals surface area contributed by atoms with Gasteiger partial charge in [-0.3, -0.25) is 9.78 Å². The Hall–Kier alpha value is -2.24. The molecule has 2 aromatic heterocycles. The van der Waals surface area contributed by atoms with E-state index in [2.05, 4.69) is 15.3 Å². The molecule has 0 aliphatic heterocycles. The van der Waals surface area contributed by atoms with Crippen LogP contribution < -0.4 is 5.32 Å². The van der Waals surface area contributed by atoms with E-state index in [1.54, 1.807) is 6.20 Å². The number of amides is 1. The Morgan fingerprint density at radius 2 is 2.04 bits per heavy atom. The van der Waals surface area contributed by atoms with Crippen LogP contribution in [0.15, 0.2) is 48.7 Å². The maximum atomic E-state index is 12.4. The van der Waals surface area contributed by atoms with Crippen molar-refractivity contribution >= 4 is 28.8 Å². The number of halogens is 1. The van der Waals surface area contributed by atoms with Crippen molar-refractivity contribution in [3.05, 3.63) is 80.5 Å². The lowest BCUT2D eigenvalue weighted by atomic mass is 10.1. The maximum absolute atomic E-state index is 12.4. The van der Waals surface area contributed by atoms with Crippen molar-refractivity contribution in [3.8, 4) is 0 Å². The van der Waals surface area contributed by atoms with E-state index in [0.29, 0.717) is 16.4 Å². The molecule has 0 radical (unpaired) electrons. The van der Waals surface area contributed by atoms with Crippen molar-refractivity contribution in [3.63, 3.8) is 0 Å². The molecule has 0 atom stereocenters. The van der Waals surface area contributed by atoms with E-state index in [9.17, 15) is 4.79 Å². The quantitative estimate of drug-likeness (QED) is 0.661. The summed E-state index contributed by atoms with van der Waals surface area (Å²) in [6.07, 6.45) is 4.15. The molecule has 0 aliphatic rings. The van der Waals surface area contributed by atoms with E-state index in [4.69, 9.17) is 11.6 Å². The van der Waals surface area contributed by atoms with Crippen molar-refractivity contribution in [1.82, 2.24) is 15.3 Å². The SMILES string of the molecule is Cc1nc(CCc2ccccn2)sc1C(=O)NCCc1cccc(Cl)c1. The lowest BCUT2D eigenvalue weighted by Gasteiger charge is -2.04. The van der Waals surface area contributed by atoms with Crippen LogP contribution in [0.2, 0.25) is 5.02 Å². The first kappa shape index (κ1) is 18.5. The van der Waals surface area contributed by atoms with E-state index in [1.165, 1.54) is 11.3 Å². The number of nitrogens with one attached hydrogen (secondary N) is 1. The van der Waals surface area contributed by atoms with Gasteiger partial charge in [0.05, 0.1) is 10.7 Å². The highest BCUT2D eigenvalue weighted by Gasteiger charge is 2.15. The Labute approximate surface area is 162 Å². The van der Waals surface area contributed by atoms with Crippen LogP contribution in [0, 0.1) is 6.92 Å². The summed E-state index contributed by atoms with van der Waals surface area (Å²) in [6.45, 7) is 2.45. The number of carbonyl (C=O) groups is 1. The van der Waals surface area contributed by atoms with Crippen molar-refractivity contribution in [2.24, 2.45) is 0 Å². The van der Waals surface area contributed by atoms with Gasteiger partial charge in [0.1, 0.15) is 4.88 Å². The molecule has 3 rings (SSSR count). The topological polar surface area (TPSA) is 54.9 Å². The monoisotopic (exact) mass is 385 g/mol. The number of carbonyl (C=O) groups excluding carboxylic acids is 1. The Bertz CT molecular complexity index is 880. The Balaban J connectivity index is 1.53. The minimum absolute atomic E-state index is 0.0638. The van der Waals surface area contributed by atoms with Gasteiger partial charge in [-0.1, -0.05) is 29.8 Å². The summed E-state index contributed by atoms with van der Waals surface area (Å²) in [6, 6.07) is 13.6. The number of pyridine rings is 1. The van der Waals surface area contributed by atoms with Crippen LogP contribution in [-0.4, -0.2) is 22.4 Å². The van der Waals surface area contributed by atoms with Crippen LogP contribution in [0.1, 0.15) is 31.6 Å². The molecule has 1 aromatic carbocycles. The summed E-state index contributed by atoms with van der Waals surface area (Å²) in [5.74, 6) is -0.0638. The number of aryl methyl sites for hydroxylation is 3. The second-order valence-corrected chi connectivity index (χ2v) is 7.50. The summed E-state index contributed by atoms with van der Waals surface area (Å²) < 4.78 is 0. The molecule has 0 saturated heterocycles. The fourth-order valence-corrected chi connectivity index (χ4v) is 3.84. The van der Waals surface area contributed by atoms with Gasteiger partial charge in [-0.2, -0.15) is 0 Å². The molecule has 26 heavy (non-hydrogen) atoms. The molecule has 1 amide bonds. The highest BCUT2D eigenvalue weighted by molar-refractivity contribution is 7.13. The van der Waals surface area contributed by atoms with Gasteiger partial charge in [0.25, 0.3) is 5.91 Å². The van der Waals surface area contributed by atoms with Gasteiger partial charge in [-0.15, -0.1) is 11.3 Å². The summed E-state index contributed by atoms with van der Waals surface area (Å²) in [7, 11) is 0. The van der Waals surface area contributed by atoms with Crippen LogP contribution >= 0.6 is 22.9 Å². The molecule has 2 heterocycles. The van der Waals surface area contributed by atoms with Gasteiger partial charge in [0, 0.05) is 29.9 Å². The normalized spacial score (nSPS) is 10.7. The van der Waals surface area contributed by atoms with Crippen LogP contribution in [0.3, 0.4) is 0 Å². The number of benzene rings is 1. The fourth-order valence-electron chi connectivity index (χ4n) is 2.64. The zero-order valence-electron chi connectivity index (χ0n) is 14.5. The summed E-state index contributed by atoms with van der Waals surface area (Å²) in [4.78, 5) is 22.0. The smallest absolute Gasteiger partial charge is 0.263 e. The molecule has 0 fully saturated rings. The van der Waals surface area contributed by atoms with Gasteiger partial charge in [-0.05, 0) is 49.6 Å². The Kier molecular flexibility index (Phi) is 6.36. The predicted molar refractivity (Wildman–Crippen MR) is 106 cm³/mol. The van der Waals surface area contributed by atoms with Gasteiger partial charge in [0.2, 0.25) is 0 Å². The fraction of sp³-hybridized carbons (Fsp3) is 0.250. The first-order valence-corrected chi connectivity index (χ1v) is 9.70. The third kappa shape index (κ3) is 5.13. The van der Waals surface area contributed by atoms with E-state index < -0.39 is 0 Å². The van der Waals surface area contributed by atoms with Crippen molar-refractivity contribution < 1.29 is 4.79 Å². The summed E-state index contributed by atoms with van der Waals surface area (Å²) in [5, 5.41) is 4.65. The lowest BCUT2D eigenvalue weighted by molar-refractivity contribution is 0.0957. The van der Waals surface area contributed by atoms with Gasteiger partial charge >= 0.3 is 0 Å². The van der Waals surface area contributed by atoms with E-state index in [-0.39, 0.29) is 5.91 Å². The number of thiazole rings is 1. The maximum Gasteiger partial charge on any atom is 0.263 e. The van der Waals surface area contributed by atoms with Gasteiger partial charge < -0.3 is 5.32 Å². The van der Waals surface area contributed by atoms with E-state index in [0.717, 1.165) is 41.2 Å². The third-order valence-corrected chi connectivity index (χ3v) is 5.41. The lowest BCUT2D eigenvalue weighted by Crippen LogP contribution is -2.25. The first-order valence-electron chi connectivity index (χ1n) is 8.50. The standard InChI is InChI=1S/C20H20ClN3OS/c1-14-19(20(25)23-12-10-15-5-4-6-16(21)13-15)26-18(24-14)9-8-17-7-2-3-11-22-17/h2-7,11,13H,8-10,12H2,1H3,(H,23,25).